The maximum absolute atomic E-state index is 13.4. The van der Waals surface area contributed by atoms with Crippen LogP contribution in [0.25, 0.3) is 0 Å². The van der Waals surface area contributed by atoms with E-state index in [1.54, 1.807) is 41.3 Å². The first-order valence-corrected chi connectivity index (χ1v) is 13.4. The van der Waals surface area contributed by atoms with Gasteiger partial charge in [0.15, 0.2) is 0 Å². The molecule has 2 heterocycles. The van der Waals surface area contributed by atoms with E-state index < -0.39 is 16.1 Å². The van der Waals surface area contributed by atoms with Crippen molar-refractivity contribution in [2.24, 2.45) is 0 Å². The smallest absolute Gasteiger partial charge is 0.262 e. The molecule has 0 saturated carbocycles. The van der Waals surface area contributed by atoms with Gasteiger partial charge in [-0.2, -0.15) is 4.31 Å². The second kappa shape index (κ2) is 10.5. The number of nitrogens with one attached hydrogen (secondary N) is 1. The highest BCUT2D eigenvalue weighted by Crippen LogP contribution is 2.19. The average Bonchev–Trinajstić information content (AvgIpc) is 3.39. The Balaban J connectivity index is 1.45. The van der Waals surface area contributed by atoms with Crippen LogP contribution >= 0.6 is 11.3 Å². The maximum Gasteiger partial charge on any atom is 0.262 e. The van der Waals surface area contributed by atoms with Gasteiger partial charge in [-0.1, -0.05) is 54.1 Å². The van der Waals surface area contributed by atoms with Crippen LogP contribution in [0.15, 0.2) is 77.0 Å². The van der Waals surface area contributed by atoms with Crippen LogP contribution in [0.4, 0.5) is 0 Å². The van der Waals surface area contributed by atoms with Crippen molar-refractivity contribution in [3.05, 3.63) is 88.1 Å². The summed E-state index contributed by atoms with van der Waals surface area (Å²) in [6.07, 6.45) is 0.360. The summed E-state index contributed by atoms with van der Waals surface area (Å²) >= 11 is 1.32. The molecule has 7 nitrogen and oxygen atoms in total. The highest BCUT2D eigenvalue weighted by atomic mass is 32.2. The minimum Gasteiger partial charge on any atom is -0.339 e. The Morgan fingerprint density at radius 2 is 1.62 bits per heavy atom. The number of carbonyl (C=O) groups is 2. The van der Waals surface area contributed by atoms with Gasteiger partial charge in [-0.3, -0.25) is 9.59 Å². The van der Waals surface area contributed by atoms with Crippen LogP contribution in [0.3, 0.4) is 0 Å². The van der Waals surface area contributed by atoms with Crippen molar-refractivity contribution in [2.75, 3.05) is 26.2 Å². The molecule has 1 aliphatic rings. The van der Waals surface area contributed by atoms with E-state index in [9.17, 15) is 18.0 Å². The predicted octanol–water partition coefficient (Wildman–Crippen LogP) is 2.93. The second-order valence-electron chi connectivity index (χ2n) is 8.24. The third kappa shape index (κ3) is 5.55. The zero-order valence-corrected chi connectivity index (χ0v) is 20.5. The molecular weight excluding hydrogens is 470 g/mol. The van der Waals surface area contributed by atoms with Crippen molar-refractivity contribution >= 4 is 33.2 Å². The average molecular weight is 498 g/mol. The molecule has 1 aromatic heterocycles. The van der Waals surface area contributed by atoms with Crippen molar-refractivity contribution in [1.29, 1.82) is 0 Å². The van der Waals surface area contributed by atoms with Crippen LogP contribution in [-0.4, -0.2) is 61.7 Å². The molecule has 1 aliphatic heterocycles. The fourth-order valence-corrected chi connectivity index (χ4v) is 5.96. The Bertz CT molecular complexity index is 1220. The Morgan fingerprint density at radius 3 is 2.24 bits per heavy atom. The molecule has 0 spiro atoms. The highest BCUT2D eigenvalue weighted by Gasteiger charge is 2.33. The summed E-state index contributed by atoms with van der Waals surface area (Å²) in [5, 5.41) is 4.70. The van der Waals surface area contributed by atoms with Crippen molar-refractivity contribution in [1.82, 2.24) is 14.5 Å². The first kappa shape index (κ1) is 24.1. The lowest BCUT2D eigenvalue weighted by molar-refractivity contribution is -0.134. The zero-order chi connectivity index (χ0) is 24.1. The van der Waals surface area contributed by atoms with Crippen molar-refractivity contribution in [2.45, 2.75) is 24.3 Å². The van der Waals surface area contributed by atoms with Gasteiger partial charge in [-0.15, -0.1) is 11.3 Å². The van der Waals surface area contributed by atoms with E-state index >= 15 is 0 Å². The summed E-state index contributed by atoms with van der Waals surface area (Å²) < 4.78 is 27.4. The van der Waals surface area contributed by atoms with E-state index in [-0.39, 0.29) is 42.9 Å². The topological polar surface area (TPSA) is 86.8 Å². The number of carbonyl (C=O) groups excluding carboxylic acids is 2. The Morgan fingerprint density at radius 1 is 0.941 bits per heavy atom. The summed E-state index contributed by atoms with van der Waals surface area (Å²) in [6, 6.07) is 19.1. The van der Waals surface area contributed by atoms with Crippen molar-refractivity contribution in [3.63, 3.8) is 0 Å². The number of sulfonamides is 1. The molecule has 0 aliphatic carbocycles. The standard InChI is InChI=1S/C25H27N3O4S2/c1-19-9-11-21(12-10-19)34(31,32)28-15-13-27(14-16-28)25(30)22(18-20-6-3-2-4-7-20)26-24(29)23-8-5-17-33-23/h2-12,17,22H,13-16,18H2,1H3,(H,26,29)/t22-/m0/s1. The van der Waals surface area contributed by atoms with Gasteiger partial charge in [-0.25, -0.2) is 8.42 Å². The molecule has 9 heteroatoms. The zero-order valence-electron chi connectivity index (χ0n) is 18.9. The molecule has 4 rings (SSSR count). The minimum atomic E-state index is -3.62. The number of hydrogen-bond donors (Lipinski definition) is 1. The van der Waals surface area contributed by atoms with Gasteiger partial charge in [0.05, 0.1) is 9.77 Å². The molecule has 3 aromatic rings. The fourth-order valence-electron chi connectivity index (χ4n) is 3.92. The number of benzene rings is 2. The molecule has 0 unspecified atom stereocenters. The number of rotatable bonds is 7. The van der Waals surface area contributed by atoms with Gasteiger partial charge >= 0.3 is 0 Å². The summed E-state index contributed by atoms with van der Waals surface area (Å²) in [4.78, 5) is 28.6. The summed E-state index contributed by atoms with van der Waals surface area (Å²) in [7, 11) is -3.62. The molecule has 2 amide bonds. The molecular formula is C25H27N3O4S2. The largest absolute Gasteiger partial charge is 0.339 e. The molecule has 1 N–H and O–H groups in total. The molecule has 0 radical (unpaired) electrons. The normalized spacial score (nSPS) is 15.6. The summed E-state index contributed by atoms with van der Waals surface area (Å²) in [5.41, 5.74) is 1.93. The van der Waals surface area contributed by atoms with Crippen LogP contribution in [0, 0.1) is 6.92 Å². The van der Waals surface area contributed by atoms with E-state index in [0.717, 1.165) is 11.1 Å². The van der Waals surface area contributed by atoms with Crippen LogP contribution in [0.2, 0.25) is 0 Å². The number of amides is 2. The fraction of sp³-hybridized carbons (Fsp3) is 0.280. The molecule has 1 atom stereocenters. The third-order valence-corrected chi connectivity index (χ3v) is 8.62. The van der Waals surface area contributed by atoms with Gasteiger partial charge in [0.25, 0.3) is 5.91 Å². The molecule has 2 aromatic carbocycles. The van der Waals surface area contributed by atoms with Crippen LogP contribution in [-0.2, 0) is 21.2 Å². The van der Waals surface area contributed by atoms with Gasteiger partial charge in [-0.05, 0) is 36.1 Å². The first-order chi connectivity index (χ1) is 16.3. The van der Waals surface area contributed by atoms with E-state index in [1.165, 1.54) is 15.6 Å². The lowest BCUT2D eigenvalue weighted by Gasteiger charge is -2.36. The van der Waals surface area contributed by atoms with Gasteiger partial charge < -0.3 is 10.2 Å². The van der Waals surface area contributed by atoms with Crippen molar-refractivity contribution in [3.8, 4) is 0 Å². The molecule has 1 fully saturated rings. The molecule has 0 bridgehead atoms. The van der Waals surface area contributed by atoms with Gasteiger partial charge in [0.2, 0.25) is 15.9 Å². The maximum atomic E-state index is 13.4. The lowest BCUT2D eigenvalue weighted by Crippen LogP contribution is -2.56. The summed E-state index contributed by atoms with van der Waals surface area (Å²) in [5.74, 6) is -0.494. The number of hydrogen-bond acceptors (Lipinski definition) is 5. The number of piperazine rings is 1. The lowest BCUT2D eigenvalue weighted by atomic mass is 10.0. The first-order valence-electron chi connectivity index (χ1n) is 11.1. The van der Waals surface area contributed by atoms with Crippen molar-refractivity contribution < 1.29 is 18.0 Å². The van der Waals surface area contributed by atoms with E-state index in [2.05, 4.69) is 5.32 Å². The Kier molecular flexibility index (Phi) is 7.45. The van der Waals surface area contributed by atoms with E-state index in [1.807, 2.05) is 42.6 Å². The molecule has 1 saturated heterocycles. The van der Waals surface area contributed by atoms with Crippen LogP contribution in [0.1, 0.15) is 20.8 Å². The monoisotopic (exact) mass is 497 g/mol. The predicted molar refractivity (Wildman–Crippen MR) is 132 cm³/mol. The second-order valence-corrected chi connectivity index (χ2v) is 11.1. The van der Waals surface area contributed by atoms with Crippen LogP contribution < -0.4 is 5.32 Å². The van der Waals surface area contributed by atoms with Crippen LogP contribution in [0.5, 0.6) is 0 Å². The van der Waals surface area contributed by atoms with Gasteiger partial charge in [0.1, 0.15) is 6.04 Å². The van der Waals surface area contributed by atoms with E-state index in [0.29, 0.717) is 11.3 Å². The number of aryl methyl sites for hydroxylation is 1. The molecule has 178 valence electrons. The third-order valence-electron chi connectivity index (χ3n) is 5.84. The number of thiophene rings is 1. The highest BCUT2D eigenvalue weighted by molar-refractivity contribution is 7.89. The number of nitrogens with zero attached hydrogens (tertiary/aromatic N) is 2. The quantitative estimate of drug-likeness (QED) is 0.544. The summed E-state index contributed by atoms with van der Waals surface area (Å²) in [6.45, 7) is 2.86. The molecule has 34 heavy (non-hydrogen) atoms. The Labute approximate surface area is 204 Å². The SMILES string of the molecule is Cc1ccc(S(=O)(=O)N2CCN(C(=O)[C@H](Cc3ccccc3)NC(=O)c3cccs3)CC2)cc1. The minimum absolute atomic E-state index is 0.207. The van der Waals surface area contributed by atoms with Gasteiger partial charge in [0, 0.05) is 32.6 Å². The van der Waals surface area contributed by atoms with E-state index in [4.69, 9.17) is 0 Å². The Hall–Kier alpha value is -3.01.